The molecule has 1 aromatic rings. The molecule has 0 amide bonds. The number of aromatic nitrogens is 2. The lowest BCUT2D eigenvalue weighted by atomic mass is 9.99. The second kappa shape index (κ2) is 3.89. The fraction of sp³-hybridized carbons (Fsp3) is 0.667. The van der Waals surface area contributed by atoms with Gasteiger partial charge in [0.15, 0.2) is 0 Å². The Bertz CT molecular complexity index is 356. The van der Waals surface area contributed by atoms with Gasteiger partial charge < -0.3 is 5.32 Å². The second-order valence-corrected chi connectivity index (χ2v) is 4.66. The van der Waals surface area contributed by atoms with Gasteiger partial charge in [0.1, 0.15) is 6.33 Å². The van der Waals surface area contributed by atoms with Crippen LogP contribution >= 0.6 is 0 Å². The number of nitrogens with zero attached hydrogens (tertiary/aromatic N) is 2. The number of aryl methyl sites for hydroxylation is 1. The zero-order valence-electron chi connectivity index (χ0n) is 9.00. The summed E-state index contributed by atoms with van der Waals surface area (Å²) >= 11 is 0. The lowest BCUT2D eigenvalue weighted by Gasteiger charge is -2.10. The molecule has 0 saturated carbocycles. The average molecular weight is 203 g/mol. The van der Waals surface area contributed by atoms with Crippen LogP contribution in [0, 0.1) is 5.92 Å². The highest BCUT2D eigenvalue weighted by Crippen LogP contribution is 2.24. The van der Waals surface area contributed by atoms with Crippen LogP contribution in [0.5, 0.6) is 0 Å². The number of nitrogens with one attached hydrogen (secondary N) is 1. The van der Waals surface area contributed by atoms with Gasteiger partial charge in [0, 0.05) is 11.4 Å². The van der Waals surface area contributed by atoms with E-state index in [2.05, 4.69) is 15.3 Å². The van der Waals surface area contributed by atoms with Crippen LogP contribution in [0.2, 0.25) is 0 Å². The van der Waals surface area contributed by atoms with E-state index in [1.807, 2.05) is 0 Å². The maximum absolute atomic E-state index is 4.47. The van der Waals surface area contributed by atoms with Crippen molar-refractivity contribution in [3.05, 3.63) is 23.3 Å². The van der Waals surface area contributed by atoms with Gasteiger partial charge in [-0.15, -0.1) is 0 Å². The quantitative estimate of drug-likeness (QED) is 0.782. The minimum absolute atomic E-state index is 0.796. The minimum atomic E-state index is 0.796. The second-order valence-electron chi connectivity index (χ2n) is 4.66. The maximum atomic E-state index is 4.47. The van der Waals surface area contributed by atoms with Crippen molar-refractivity contribution in [3.63, 3.8) is 0 Å². The van der Waals surface area contributed by atoms with Gasteiger partial charge in [-0.1, -0.05) is 0 Å². The molecule has 2 heterocycles. The minimum Gasteiger partial charge on any atom is -0.316 e. The molecule has 1 saturated heterocycles. The largest absolute Gasteiger partial charge is 0.316 e. The van der Waals surface area contributed by atoms with Crippen LogP contribution in [0.3, 0.4) is 0 Å². The third-order valence-electron chi connectivity index (χ3n) is 3.61. The first-order chi connectivity index (χ1) is 7.43. The van der Waals surface area contributed by atoms with Crippen molar-refractivity contribution in [1.82, 2.24) is 15.3 Å². The summed E-state index contributed by atoms with van der Waals surface area (Å²) in [5.41, 5.74) is 4.10. The standard InChI is InChI=1S/C12H17N3/c1-2-10-11(3-1)14-8-15-12(10)6-9-4-5-13-7-9/h8-9,13H,1-7H2. The normalized spacial score (nSPS) is 24.4. The Balaban J connectivity index is 1.82. The highest BCUT2D eigenvalue weighted by Gasteiger charge is 2.21. The summed E-state index contributed by atoms with van der Waals surface area (Å²) in [6.07, 6.45) is 7.84. The Hall–Kier alpha value is -0.960. The zero-order valence-corrected chi connectivity index (χ0v) is 9.00. The molecule has 1 N–H and O–H groups in total. The average Bonchev–Trinajstić information content (AvgIpc) is 2.87. The van der Waals surface area contributed by atoms with E-state index in [-0.39, 0.29) is 0 Å². The SMILES string of the molecule is c1nc2c(c(CC3CCNC3)n1)CCC2. The van der Waals surface area contributed by atoms with Gasteiger partial charge in [0.25, 0.3) is 0 Å². The maximum Gasteiger partial charge on any atom is 0.115 e. The van der Waals surface area contributed by atoms with Crippen LogP contribution in [0.4, 0.5) is 0 Å². The first-order valence-electron chi connectivity index (χ1n) is 5.96. The van der Waals surface area contributed by atoms with Gasteiger partial charge in [0.2, 0.25) is 0 Å². The monoisotopic (exact) mass is 203 g/mol. The van der Waals surface area contributed by atoms with Crippen LogP contribution in [0.1, 0.15) is 29.8 Å². The van der Waals surface area contributed by atoms with Gasteiger partial charge in [-0.3, -0.25) is 0 Å². The molecule has 0 aromatic carbocycles. The molecule has 0 radical (unpaired) electrons. The van der Waals surface area contributed by atoms with E-state index in [1.165, 1.54) is 49.3 Å². The van der Waals surface area contributed by atoms with Crippen molar-refractivity contribution in [2.45, 2.75) is 32.1 Å². The Morgan fingerprint density at radius 3 is 3.20 bits per heavy atom. The molecular weight excluding hydrogens is 186 g/mol. The van der Waals surface area contributed by atoms with Crippen LogP contribution in [0.15, 0.2) is 6.33 Å². The molecule has 15 heavy (non-hydrogen) atoms. The molecule has 2 aliphatic rings. The van der Waals surface area contributed by atoms with Crippen molar-refractivity contribution in [3.8, 4) is 0 Å². The highest BCUT2D eigenvalue weighted by atomic mass is 14.9. The molecule has 1 aliphatic heterocycles. The van der Waals surface area contributed by atoms with Gasteiger partial charge in [-0.25, -0.2) is 9.97 Å². The summed E-state index contributed by atoms with van der Waals surface area (Å²) < 4.78 is 0. The summed E-state index contributed by atoms with van der Waals surface area (Å²) in [6, 6.07) is 0. The number of rotatable bonds is 2. The summed E-state index contributed by atoms with van der Waals surface area (Å²) in [4.78, 5) is 8.84. The van der Waals surface area contributed by atoms with Gasteiger partial charge in [-0.2, -0.15) is 0 Å². The molecule has 0 spiro atoms. The predicted molar refractivity (Wildman–Crippen MR) is 58.7 cm³/mol. The molecule has 1 aliphatic carbocycles. The van der Waals surface area contributed by atoms with Crippen LogP contribution in [-0.2, 0) is 19.3 Å². The Kier molecular flexibility index (Phi) is 2.41. The zero-order chi connectivity index (χ0) is 10.1. The summed E-state index contributed by atoms with van der Waals surface area (Å²) in [5, 5.41) is 3.42. The third-order valence-corrected chi connectivity index (χ3v) is 3.61. The topological polar surface area (TPSA) is 37.8 Å². The van der Waals surface area contributed by atoms with E-state index in [0.717, 1.165) is 18.8 Å². The Morgan fingerprint density at radius 2 is 2.33 bits per heavy atom. The molecule has 80 valence electrons. The summed E-state index contributed by atoms with van der Waals surface area (Å²) in [6.45, 7) is 2.34. The number of hydrogen-bond acceptors (Lipinski definition) is 3. The highest BCUT2D eigenvalue weighted by molar-refractivity contribution is 5.29. The fourth-order valence-electron chi connectivity index (χ4n) is 2.77. The van der Waals surface area contributed by atoms with Crippen molar-refractivity contribution in [2.24, 2.45) is 5.92 Å². The van der Waals surface area contributed by atoms with E-state index in [4.69, 9.17) is 0 Å². The third kappa shape index (κ3) is 1.76. The fourth-order valence-corrected chi connectivity index (χ4v) is 2.77. The molecular formula is C12H17N3. The van der Waals surface area contributed by atoms with E-state index in [1.54, 1.807) is 6.33 Å². The number of fused-ring (bicyclic) bond motifs is 1. The molecule has 3 heteroatoms. The van der Waals surface area contributed by atoms with Crippen LogP contribution in [0.25, 0.3) is 0 Å². The van der Waals surface area contributed by atoms with E-state index in [0.29, 0.717) is 0 Å². The van der Waals surface area contributed by atoms with Gasteiger partial charge >= 0.3 is 0 Å². The summed E-state index contributed by atoms with van der Waals surface area (Å²) in [5.74, 6) is 0.796. The van der Waals surface area contributed by atoms with Crippen LogP contribution in [-0.4, -0.2) is 23.1 Å². The van der Waals surface area contributed by atoms with E-state index in [9.17, 15) is 0 Å². The van der Waals surface area contributed by atoms with Crippen molar-refractivity contribution >= 4 is 0 Å². The predicted octanol–water partition coefficient (Wildman–Crippen LogP) is 1.12. The molecule has 0 bridgehead atoms. The first kappa shape index (κ1) is 9.28. The molecule has 3 rings (SSSR count). The van der Waals surface area contributed by atoms with Crippen molar-refractivity contribution in [2.75, 3.05) is 13.1 Å². The molecule has 1 aromatic heterocycles. The van der Waals surface area contributed by atoms with Crippen molar-refractivity contribution < 1.29 is 0 Å². The first-order valence-corrected chi connectivity index (χ1v) is 5.96. The summed E-state index contributed by atoms with van der Waals surface area (Å²) in [7, 11) is 0. The molecule has 1 fully saturated rings. The molecule has 1 unspecified atom stereocenters. The smallest absolute Gasteiger partial charge is 0.115 e. The lowest BCUT2D eigenvalue weighted by Crippen LogP contribution is -2.12. The molecule has 3 nitrogen and oxygen atoms in total. The Morgan fingerprint density at radius 1 is 1.33 bits per heavy atom. The van der Waals surface area contributed by atoms with Gasteiger partial charge in [-0.05, 0) is 56.7 Å². The van der Waals surface area contributed by atoms with E-state index < -0.39 is 0 Å². The number of hydrogen-bond donors (Lipinski definition) is 1. The van der Waals surface area contributed by atoms with Gasteiger partial charge in [0.05, 0.1) is 0 Å². The molecule has 1 atom stereocenters. The van der Waals surface area contributed by atoms with Crippen molar-refractivity contribution in [1.29, 1.82) is 0 Å². The Labute approximate surface area is 90.3 Å². The van der Waals surface area contributed by atoms with Crippen LogP contribution < -0.4 is 5.32 Å². The van der Waals surface area contributed by atoms with E-state index >= 15 is 0 Å². The lowest BCUT2D eigenvalue weighted by molar-refractivity contribution is 0.567.